The van der Waals surface area contributed by atoms with Crippen molar-refractivity contribution in [1.29, 1.82) is 0 Å². The second kappa shape index (κ2) is 14.2. The molecule has 0 aliphatic carbocycles. The molecule has 0 unspecified atom stereocenters. The Balaban J connectivity index is 1.22. The average Bonchev–Trinajstić information content (AvgIpc) is 3.63. The van der Waals surface area contributed by atoms with Crippen molar-refractivity contribution in [3.63, 3.8) is 0 Å². The molecule has 1 aromatic heterocycles. The molecular formula is C39H43N5O3. The molecule has 1 aliphatic heterocycles. The van der Waals surface area contributed by atoms with Crippen LogP contribution in [0.2, 0.25) is 0 Å². The van der Waals surface area contributed by atoms with Gasteiger partial charge in [0, 0.05) is 50.2 Å². The first-order valence-corrected chi connectivity index (χ1v) is 16.4. The van der Waals surface area contributed by atoms with Crippen LogP contribution in [0.4, 0.5) is 0 Å². The van der Waals surface area contributed by atoms with E-state index in [1.807, 2.05) is 79.0 Å². The number of hydrogen-bond donors (Lipinski definition) is 1. The normalized spacial score (nSPS) is 15.4. The fourth-order valence-corrected chi connectivity index (χ4v) is 6.66. The number of aromatic nitrogens is 1. The van der Waals surface area contributed by atoms with Crippen LogP contribution in [0.5, 0.6) is 0 Å². The maximum atomic E-state index is 14.1. The first-order chi connectivity index (χ1) is 22.8. The standard InChI is InChI=1S/C39H43N5O3/c1-41(2)21-11-22-43-27-33(32-16-9-10-17-35(32)43)37(45)40-34-20-23-44(38(34)46)36(39(47)42(3)26-28-12-5-4-6-13-28)25-29-18-19-30-14-7-8-15-31(30)24-29/h4-10,12-19,24,27,34,36H,11,20-23,25-26H2,1-3H3,(H,40,45)/t34-,36-/m1/s1. The Morgan fingerprint density at radius 1 is 0.872 bits per heavy atom. The summed E-state index contributed by atoms with van der Waals surface area (Å²) in [5, 5.41) is 6.11. The second-order valence-corrected chi connectivity index (χ2v) is 12.8. The van der Waals surface area contributed by atoms with Crippen molar-refractivity contribution in [1.82, 2.24) is 24.6 Å². The number of amides is 3. The topological polar surface area (TPSA) is 77.9 Å². The van der Waals surface area contributed by atoms with Crippen LogP contribution in [-0.4, -0.2) is 83.3 Å². The molecule has 1 N–H and O–H groups in total. The number of para-hydroxylation sites is 1. The van der Waals surface area contributed by atoms with E-state index in [2.05, 4.69) is 53.1 Å². The van der Waals surface area contributed by atoms with Gasteiger partial charge in [-0.1, -0.05) is 91.0 Å². The van der Waals surface area contributed by atoms with E-state index >= 15 is 0 Å². The zero-order valence-electron chi connectivity index (χ0n) is 27.4. The highest BCUT2D eigenvalue weighted by atomic mass is 16.2. The van der Waals surface area contributed by atoms with Gasteiger partial charge in [0.1, 0.15) is 12.1 Å². The number of hydrogen-bond acceptors (Lipinski definition) is 4. The summed E-state index contributed by atoms with van der Waals surface area (Å²) in [4.78, 5) is 47.4. The van der Waals surface area contributed by atoms with E-state index in [4.69, 9.17) is 0 Å². The summed E-state index contributed by atoms with van der Waals surface area (Å²) in [6.07, 6.45) is 3.68. The lowest BCUT2D eigenvalue weighted by atomic mass is 10.00. The van der Waals surface area contributed by atoms with Crippen LogP contribution >= 0.6 is 0 Å². The first kappa shape index (κ1) is 32.0. The minimum absolute atomic E-state index is 0.122. The van der Waals surface area contributed by atoms with Crippen LogP contribution < -0.4 is 5.32 Å². The van der Waals surface area contributed by atoms with Crippen LogP contribution in [0.25, 0.3) is 21.7 Å². The summed E-state index contributed by atoms with van der Waals surface area (Å²) in [6.45, 7) is 2.56. The zero-order valence-corrected chi connectivity index (χ0v) is 27.4. The van der Waals surface area contributed by atoms with E-state index in [9.17, 15) is 14.4 Å². The highest BCUT2D eigenvalue weighted by molar-refractivity contribution is 6.08. The molecule has 0 spiro atoms. The Hall–Kier alpha value is -4.95. The molecule has 0 radical (unpaired) electrons. The van der Waals surface area contributed by atoms with Crippen LogP contribution in [0.3, 0.4) is 0 Å². The minimum atomic E-state index is -0.704. The van der Waals surface area contributed by atoms with E-state index in [-0.39, 0.29) is 17.7 Å². The Morgan fingerprint density at radius 3 is 2.38 bits per heavy atom. The van der Waals surface area contributed by atoms with E-state index < -0.39 is 12.1 Å². The van der Waals surface area contributed by atoms with Crippen molar-refractivity contribution >= 4 is 39.4 Å². The summed E-state index contributed by atoms with van der Waals surface area (Å²) < 4.78 is 2.12. The lowest BCUT2D eigenvalue weighted by Gasteiger charge is -2.31. The van der Waals surface area contributed by atoms with Crippen molar-refractivity contribution in [2.24, 2.45) is 0 Å². The third-order valence-electron chi connectivity index (χ3n) is 9.13. The summed E-state index contributed by atoms with van der Waals surface area (Å²) in [5.41, 5.74) is 3.56. The second-order valence-electron chi connectivity index (χ2n) is 12.8. The smallest absolute Gasteiger partial charge is 0.254 e. The molecule has 1 saturated heterocycles. The van der Waals surface area contributed by atoms with Crippen molar-refractivity contribution < 1.29 is 14.4 Å². The monoisotopic (exact) mass is 629 g/mol. The van der Waals surface area contributed by atoms with Crippen molar-refractivity contribution in [2.75, 3.05) is 34.2 Å². The van der Waals surface area contributed by atoms with Crippen molar-refractivity contribution in [3.8, 4) is 0 Å². The predicted octanol–water partition coefficient (Wildman–Crippen LogP) is 5.35. The molecule has 3 amide bonds. The molecule has 0 saturated carbocycles. The van der Waals surface area contributed by atoms with E-state index in [0.29, 0.717) is 31.5 Å². The van der Waals surface area contributed by atoms with Gasteiger partial charge in [-0.3, -0.25) is 14.4 Å². The number of benzene rings is 4. The van der Waals surface area contributed by atoms with Gasteiger partial charge in [-0.25, -0.2) is 0 Å². The molecule has 6 rings (SSSR count). The van der Waals surface area contributed by atoms with Crippen LogP contribution in [0, 0.1) is 0 Å². The van der Waals surface area contributed by atoms with Crippen LogP contribution in [-0.2, 0) is 29.1 Å². The molecule has 1 fully saturated rings. The largest absolute Gasteiger partial charge is 0.347 e. The Bertz CT molecular complexity index is 1880. The van der Waals surface area contributed by atoms with Gasteiger partial charge < -0.3 is 24.6 Å². The molecule has 242 valence electrons. The molecule has 4 aromatic carbocycles. The number of rotatable bonds is 12. The van der Waals surface area contributed by atoms with Gasteiger partial charge in [-0.15, -0.1) is 0 Å². The van der Waals surface area contributed by atoms with Crippen LogP contribution in [0.1, 0.15) is 34.3 Å². The quantitative estimate of drug-likeness (QED) is 0.202. The SMILES string of the molecule is CN(C)CCCn1cc(C(=O)N[C@@H]2CCN([C@H](Cc3ccc4ccccc4c3)C(=O)N(C)Cc3ccccc3)C2=O)c2ccccc21. The van der Waals surface area contributed by atoms with Gasteiger partial charge in [0.15, 0.2) is 0 Å². The Labute approximate surface area is 276 Å². The van der Waals surface area contributed by atoms with Gasteiger partial charge in [0.2, 0.25) is 11.8 Å². The van der Waals surface area contributed by atoms with Crippen molar-refractivity contribution in [2.45, 2.75) is 44.4 Å². The van der Waals surface area contributed by atoms with Gasteiger partial charge in [0.05, 0.1) is 5.56 Å². The van der Waals surface area contributed by atoms with Gasteiger partial charge in [-0.05, 0) is 61.4 Å². The fourth-order valence-electron chi connectivity index (χ4n) is 6.66. The minimum Gasteiger partial charge on any atom is -0.347 e. The lowest BCUT2D eigenvalue weighted by molar-refractivity contribution is -0.143. The molecular weight excluding hydrogens is 586 g/mol. The third-order valence-corrected chi connectivity index (χ3v) is 9.13. The van der Waals surface area contributed by atoms with Crippen molar-refractivity contribution in [3.05, 3.63) is 120 Å². The van der Waals surface area contributed by atoms with Gasteiger partial charge >= 0.3 is 0 Å². The first-order valence-electron chi connectivity index (χ1n) is 16.4. The summed E-state index contributed by atoms with van der Waals surface area (Å²) >= 11 is 0. The number of likely N-dealkylation sites (N-methyl/N-ethyl adjacent to an activating group) is 1. The summed E-state index contributed by atoms with van der Waals surface area (Å²) in [6, 6.07) is 30.7. The fraction of sp³-hybridized carbons (Fsp3) is 0.308. The van der Waals surface area contributed by atoms with E-state index in [1.54, 1.807) is 16.8 Å². The average molecular weight is 630 g/mol. The summed E-state index contributed by atoms with van der Waals surface area (Å²) in [7, 11) is 5.89. The summed E-state index contributed by atoms with van der Waals surface area (Å²) in [5.74, 6) is -0.616. The highest BCUT2D eigenvalue weighted by Crippen LogP contribution is 2.25. The molecule has 2 heterocycles. The molecule has 5 aromatic rings. The van der Waals surface area contributed by atoms with E-state index in [0.717, 1.165) is 52.3 Å². The predicted molar refractivity (Wildman–Crippen MR) is 187 cm³/mol. The van der Waals surface area contributed by atoms with Gasteiger partial charge in [0.25, 0.3) is 5.91 Å². The number of carbonyl (C=O) groups is 3. The number of likely N-dealkylation sites (tertiary alicyclic amines) is 1. The lowest BCUT2D eigenvalue weighted by Crippen LogP contribution is -2.51. The molecule has 0 bridgehead atoms. The number of fused-ring (bicyclic) bond motifs is 2. The van der Waals surface area contributed by atoms with Crippen LogP contribution in [0.15, 0.2) is 103 Å². The number of aryl methyl sites for hydroxylation is 1. The Morgan fingerprint density at radius 2 is 1.60 bits per heavy atom. The molecule has 8 heteroatoms. The maximum absolute atomic E-state index is 14.1. The zero-order chi connectivity index (χ0) is 32.9. The highest BCUT2D eigenvalue weighted by Gasteiger charge is 2.40. The molecule has 1 aliphatic rings. The maximum Gasteiger partial charge on any atom is 0.254 e. The van der Waals surface area contributed by atoms with Gasteiger partial charge in [-0.2, -0.15) is 0 Å². The number of nitrogens with zero attached hydrogens (tertiary/aromatic N) is 4. The Kier molecular flexibility index (Phi) is 9.68. The molecule has 8 nitrogen and oxygen atoms in total. The molecule has 2 atom stereocenters. The number of nitrogens with one attached hydrogen (secondary N) is 1. The third kappa shape index (κ3) is 7.23. The molecule has 47 heavy (non-hydrogen) atoms. The number of carbonyl (C=O) groups excluding carboxylic acids is 3. The van der Waals surface area contributed by atoms with E-state index in [1.165, 1.54) is 0 Å².